The first-order valence-corrected chi connectivity index (χ1v) is 7.30. The molecule has 3 rings (SSSR count). The van der Waals surface area contributed by atoms with E-state index in [0.717, 1.165) is 31.2 Å². The second-order valence-corrected chi connectivity index (χ2v) is 5.74. The van der Waals surface area contributed by atoms with Crippen LogP contribution in [0.1, 0.15) is 31.2 Å². The van der Waals surface area contributed by atoms with Crippen LogP contribution in [0.5, 0.6) is 5.75 Å². The Labute approximate surface area is 118 Å². The average Bonchev–Trinajstić information content (AvgIpc) is 2.71. The highest BCUT2D eigenvalue weighted by Crippen LogP contribution is 2.37. The Morgan fingerprint density at radius 2 is 1.55 bits per heavy atom. The van der Waals surface area contributed by atoms with E-state index in [9.17, 15) is 14.7 Å². The molecular weight excluding hydrogens is 254 g/mol. The van der Waals surface area contributed by atoms with E-state index in [2.05, 4.69) is 0 Å². The zero-order valence-corrected chi connectivity index (χ0v) is 11.4. The van der Waals surface area contributed by atoms with E-state index in [0.29, 0.717) is 13.0 Å². The van der Waals surface area contributed by atoms with Crippen LogP contribution in [0.4, 0.5) is 0 Å². The zero-order valence-electron chi connectivity index (χ0n) is 11.4. The maximum atomic E-state index is 12.3. The minimum Gasteiger partial charge on any atom is -0.508 e. The number of carbonyl (C=O) groups excluding carboxylic acids is 2. The van der Waals surface area contributed by atoms with Gasteiger partial charge in [-0.25, -0.2) is 0 Å². The molecule has 0 bridgehead atoms. The molecule has 2 fully saturated rings. The van der Waals surface area contributed by atoms with Gasteiger partial charge in [-0.2, -0.15) is 0 Å². The van der Waals surface area contributed by atoms with Crippen molar-refractivity contribution < 1.29 is 14.7 Å². The molecule has 1 aromatic carbocycles. The molecule has 0 aromatic heterocycles. The predicted octanol–water partition coefficient (Wildman–Crippen LogP) is 2.11. The van der Waals surface area contributed by atoms with Crippen LogP contribution in [0.25, 0.3) is 0 Å². The molecule has 1 aromatic rings. The molecule has 2 amide bonds. The number of fused-ring (bicyclic) bond motifs is 1. The molecule has 1 aliphatic heterocycles. The van der Waals surface area contributed by atoms with Gasteiger partial charge in [0.25, 0.3) is 0 Å². The van der Waals surface area contributed by atoms with Crippen molar-refractivity contribution in [3.63, 3.8) is 0 Å². The number of hydrogen-bond acceptors (Lipinski definition) is 3. The number of nitrogens with zero attached hydrogens (tertiary/aromatic N) is 1. The smallest absolute Gasteiger partial charge is 0.233 e. The van der Waals surface area contributed by atoms with E-state index in [4.69, 9.17) is 0 Å². The van der Waals surface area contributed by atoms with Crippen molar-refractivity contribution in [1.82, 2.24) is 4.90 Å². The van der Waals surface area contributed by atoms with Crippen molar-refractivity contribution in [2.24, 2.45) is 11.8 Å². The van der Waals surface area contributed by atoms with Gasteiger partial charge in [0.1, 0.15) is 5.75 Å². The summed E-state index contributed by atoms with van der Waals surface area (Å²) in [7, 11) is 0. The molecule has 20 heavy (non-hydrogen) atoms. The lowest BCUT2D eigenvalue weighted by atomic mass is 9.81. The number of imide groups is 1. The summed E-state index contributed by atoms with van der Waals surface area (Å²) in [6.07, 6.45) is 4.51. The van der Waals surface area contributed by atoms with Crippen LogP contribution >= 0.6 is 0 Å². The first kappa shape index (κ1) is 13.2. The maximum absolute atomic E-state index is 12.3. The molecule has 2 aliphatic rings. The van der Waals surface area contributed by atoms with E-state index in [1.54, 1.807) is 12.1 Å². The monoisotopic (exact) mass is 273 g/mol. The Morgan fingerprint density at radius 3 is 2.10 bits per heavy atom. The van der Waals surface area contributed by atoms with E-state index < -0.39 is 0 Å². The summed E-state index contributed by atoms with van der Waals surface area (Å²) < 4.78 is 0. The Kier molecular flexibility index (Phi) is 3.47. The third-order valence-corrected chi connectivity index (χ3v) is 4.49. The molecule has 0 radical (unpaired) electrons. The molecule has 2 unspecified atom stereocenters. The highest BCUT2D eigenvalue weighted by atomic mass is 16.3. The lowest BCUT2D eigenvalue weighted by molar-refractivity contribution is -0.139. The van der Waals surface area contributed by atoms with E-state index >= 15 is 0 Å². The lowest BCUT2D eigenvalue weighted by Gasteiger charge is -2.19. The summed E-state index contributed by atoms with van der Waals surface area (Å²) in [4.78, 5) is 26.0. The molecule has 1 aliphatic carbocycles. The number of hydrogen-bond donors (Lipinski definition) is 1. The van der Waals surface area contributed by atoms with Crippen molar-refractivity contribution in [1.29, 1.82) is 0 Å². The van der Waals surface area contributed by atoms with E-state index in [1.165, 1.54) is 4.90 Å². The van der Waals surface area contributed by atoms with Gasteiger partial charge in [0, 0.05) is 6.54 Å². The minimum atomic E-state index is -0.0592. The van der Waals surface area contributed by atoms with E-state index in [-0.39, 0.29) is 29.4 Å². The van der Waals surface area contributed by atoms with Crippen LogP contribution in [0.2, 0.25) is 0 Å². The summed E-state index contributed by atoms with van der Waals surface area (Å²) in [5, 5.41) is 9.24. The van der Waals surface area contributed by atoms with Crippen LogP contribution < -0.4 is 0 Å². The predicted molar refractivity (Wildman–Crippen MR) is 74.0 cm³/mol. The topological polar surface area (TPSA) is 57.6 Å². The van der Waals surface area contributed by atoms with Gasteiger partial charge in [0.15, 0.2) is 0 Å². The van der Waals surface area contributed by atoms with Crippen LogP contribution in [0, 0.1) is 11.8 Å². The third-order valence-electron chi connectivity index (χ3n) is 4.49. The van der Waals surface area contributed by atoms with Gasteiger partial charge in [-0.1, -0.05) is 25.0 Å². The SMILES string of the molecule is O=C1C2CCCCC2C(=O)N1CCc1ccc(O)cc1. The highest BCUT2D eigenvalue weighted by Gasteiger charge is 2.47. The van der Waals surface area contributed by atoms with Gasteiger partial charge in [-0.3, -0.25) is 14.5 Å². The molecule has 1 N–H and O–H groups in total. The van der Waals surface area contributed by atoms with Crippen molar-refractivity contribution in [3.05, 3.63) is 29.8 Å². The number of carbonyl (C=O) groups is 2. The van der Waals surface area contributed by atoms with Crippen LogP contribution in [-0.4, -0.2) is 28.4 Å². The number of amides is 2. The van der Waals surface area contributed by atoms with Gasteiger partial charge in [0.2, 0.25) is 11.8 Å². The first-order valence-electron chi connectivity index (χ1n) is 7.30. The van der Waals surface area contributed by atoms with Crippen molar-refractivity contribution in [3.8, 4) is 5.75 Å². The second kappa shape index (κ2) is 5.27. The molecule has 4 heteroatoms. The van der Waals surface area contributed by atoms with Gasteiger partial charge < -0.3 is 5.11 Å². The Morgan fingerprint density at radius 1 is 1.00 bits per heavy atom. The van der Waals surface area contributed by atoms with Crippen LogP contribution in [0.15, 0.2) is 24.3 Å². The van der Waals surface area contributed by atoms with Crippen molar-refractivity contribution >= 4 is 11.8 Å². The number of likely N-dealkylation sites (tertiary alicyclic amines) is 1. The fraction of sp³-hybridized carbons (Fsp3) is 0.500. The second-order valence-electron chi connectivity index (χ2n) is 5.74. The average molecular weight is 273 g/mol. The Hall–Kier alpha value is -1.84. The number of phenols is 1. The minimum absolute atomic E-state index is 0.0264. The molecule has 106 valence electrons. The molecule has 1 saturated heterocycles. The van der Waals surface area contributed by atoms with Gasteiger partial charge in [-0.05, 0) is 37.0 Å². The van der Waals surface area contributed by atoms with Gasteiger partial charge >= 0.3 is 0 Å². The summed E-state index contributed by atoms with van der Waals surface area (Å²) in [6.45, 7) is 0.454. The number of rotatable bonds is 3. The zero-order chi connectivity index (χ0) is 14.1. The Bertz CT molecular complexity index is 499. The standard InChI is InChI=1S/C16H19NO3/c18-12-7-5-11(6-8-12)9-10-17-15(19)13-3-1-2-4-14(13)16(17)20/h5-8,13-14,18H,1-4,9-10H2. The normalized spacial score (nSPS) is 25.9. The summed E-state index contributed by atoms with van der Waals surface area (Å²) >= 11 is 0. The first-order chi connectivity index (χ1) is 9.66. The number of aromatic hydroxyl groups is 1. The molecule has 1 saturated carbocycles. The quantitative estimate of drug-likeness (QED) is 0.858. The molecule has 1 heterocycles. The van der Waals surface area contributed by atoms with Crippen molar-refractivity contribution in [2.75, 3.05) is 6.54 Å². The van der Waals surface area contributed by atoms with Gasteiger partial charge in [-0.15, -0.1) is 0 Å². The fourth-order valence-electron chi connectivity index (χ4n) is 3.35. The largest absolute Gasteiger partial charge is 0.508 e. The molecular formula is C16H19NO3. The summed E-state index contributed by atoms with van der Waals surface area (Å²) in [5.74, 6) is 0.164. The molecule has 0 spiro atoms. The maximum Gasteiger partial charge on any atom is 0.233 e. The van der Waals surface area contributed by atoms with Crippen LogP contribution in [0.3, 0.4) is 0 Å². The van der Waals surface area contributed by atoms with Gasteiger partial charge in [0.05, 0.1) is 11.8 Å². The molecule has 4 nitrogen and oxygen atoms in total. The summed E-state index contributed by atoms with van der Waals surface area (Å²) in [5.41, 5.74) is 1.03. The van der Waals surface area contributed by atoms with Crippen molar-refractivity contribution in [2.45, 2.75) is 32.1 Å². The number of phenolic OH excluding ortho intramolecular Hbond substituents is 1. The highest BCUT2D eigenvalue weighted by molar-refractivity contribution is 6.05. The Balaban J connectivity index is 1.66. The van der Waals surface area contributed by atoms with E-state index in [1.807, 2.05) is 12.1 Å². The summed E-state index contributed by atoms with van der Waals surface area (Å²) in [6, 6.07) is 6.91. The molecule has 2 atom stereocenters. The fourth-order valence-corrected chi connectivity index (χ4v) is 3.35. The van der Waals surface area contributed by atoms with Crippen LogP contribution in [-0.2, 0) is 16.0 Å². The third kappa shape index (κ3) is 2.30. The number of benzene rings is 1. The lowest BCUT2D eigenvalue weighted by Crippen LogP contribution is -2.33.